The van der Waals surface area contributed by atoms with E-state index in [9.17, 15) is 0 Å². The molecule has 15 heavy (non-hydrogen) atoms. The van der Waals surface area contributed by atoms with Gasteiger partial charge in [-0.05, 0) is 37.5 Å². The molecule has 0 amide bonds. The van der Waals surface area contributed by atoms with Crippen molar-refractivity contribution in [3.8, 4) is 0 Å². The molecule has 1 aliphatic carbocycles. The van der Waals surface area contributed by atoms with Crippen molar-refractivity contribution in [2.24, 2.45) is 5.73 Å². The maximum atomic E-state index is 5.77. The Bertz CT molecular complexity index is 347. The minimum Gasteiger partial charge on any atom is -0.369 e. The van der Waals surface area contributed by atoms with Crippen molar-refractivity contribution in [3.63, 3.8) is 0 Å². The third-order valence-electron chi connectivity index (χ3n) is 2.91. The zero-order chi connectivity index (χ0) is 10.8. The maximum absolute atomic E-state index is 5.77. The lowest BCUT2D eigenvalue weighted by Crippen LogP contribution is -2.26. The van der Waals surface area contributed by atoms with Gasteiger partial charge in [-0.15, -0.1) is 0 Å². The van der Waals surface area contributed by atoms with Crippen molar-refractivity contribution in [2.75, 3.05) is 11.4 Å². The topological polar surface area (TPSA) is 29.3 Å². The molecule has 0 aliphatic heterocycles. The van der Waals surface area contributed by atoms with Crippen LogP contribution in [-0.2, 0) is 6.54 Å². The lowest BCUT2D eigenvalue weighted by Gasteiger charge is -2.25. The zero-order valence-electron chi connectivity index (χ0n) is 9.04. The highest BCUT2D eigenvalue weighted by Gasteiger charge is 2.29. The number of hydrogen-bond acceptors (Lipinski definition) is 2. The van der Waals surface area contributed by atoms with Gasteiger partial charge in [0.05, 0.1) is 0 Å². The van der Waals surface area contributed by atoms with E-state index < -0.39 is 0 Å². The van der Waals surface area contributed by atoms with Gasteiger partial charge in [0, 0.05) is 29.3 Å². The lowest BCUT2D eigenvalue weighted by molar-refractivity contribution is 0.816. The van der Waals surface area contributed by atoms with Crippen LogP contribution in [0.5, 0.6) is 0 Å². The summed E-state index contributed by atoms with van der Waals surface area (Å²) in [5.41, 5.74) is 8.32. The van der Waals surface area contributed by atoms with Crippen LogP contribution in [0.15, 0.2) is 22.7 Å². The molecule has 1 aliphatic rings. The molecular weight excluding hydrogens is 252 g/mol. The average Bonchev–Trinajstić information content (AvgIpc) is 3.04. The van der Waals surface area contributed by atoms with Crippen LogP contribution in [0, 0.1) is 0 Å². The van der Waals surface area contributed by atoms with Crippen LogP contribution in [0.2, 0.25) is 0 Å². The second-order valence-corrected chi connectivity index (χ2v) is 4.91. The summed E-state index contributed by atoms with van der Waals surface area (Å²) in [6.07, 6.45) is 2.65. The van der Waals surface area contributed by atoms with E-state index in [2.05, 4.69) is 46.0 Å². The van der Waals surface area contributed by atoms with E-state index in [1.54, 1.807) is 0 Å². The molecule has 2 rings (SSSR count). The quantitative estimate of drug-likeness (QED) is 0.910. The van der Waals surface area contributed by atoms with Gasteiger partial charge >= 0.3 is 0 Å². The number of nitrogens with two attached hydrogens (primary N) is 1. The number of anilines is 1. The third kappa shape index (κ3) is 2.34. The number of hydrogen-bond donors (Lipinski definition) is 1. The van der Waals surface area contributed by atoms with Crippen molar-refractivity contribution in [1.29, 1.82) is 0 Å². The SMILES string of the molecule is CCN(c1cc(Br)ccc1CN)C1CC1. The summed E-state index contributed by atoms with van der Waals surface area (Å²) in [6, 6.07) is 7.11. The van der Waals surface area contributed by atoms with Gasteiger partial charge in [-0.1, -0.05) is 22.0 Å². The zero-order valence-corrected chi connectivity index (χ0v) is 10.6. The van der Waals surface area contributed by atoms with Gasteiger partial charge in [-0.2, -0.15) is 0 Å². The summed E-state index contributed by atoms with van der Waals surface area (Å²) in [6.45, 7) is 3.89. The summed E-state index contributed by atoms with van der Waals surface area (Å²) in [7, 11) is 0. The first-order valence-corrected chi connectivity index (χ1v) is 6.30. The Morgan fingerprint density at radius 1 is 1.47 bits per heavy atom. The molecule has 0 bridgehead atoms. The molecule has 0 saturated heterocycles. The number of rotatable bonds is 4. The highest BCUT2D eigenvalue weighted by Crippen LogP contribution is 2.34. The molecule has 1 fully saturated rings. The van der Waals surface area contributed by atoms with Gasteiger partial charge in [-0.3, -0.25) is 0 Å². The van der Waals surface area contributed by atoms with Crippen molar-refractivity contribution in [2.45, 2.75) is 32.4 Å². The Morgan fingerprint density at radius 3 is 2.73 bits per heavy atom. The predicted octanol–water partition coefficient (Wildman–Crippen LogP) is 2.90. The molecular formula is C12H17BrN2. The molecule has 0 aromatic heterocycles. The van der Waals surface area contributed by atoms with Gasteiger partial charge in [0.15, 0.2) is 0 Å². The lowest BCUT2D eigenvalue weighted by atomic mass is 10.1. The van der Waals surface area contributed by atoms with Gasteiger partial charge in [0.25, 0.3) is 0 Å². The van der Waals surface area contributed by atoms with Crippen molar-refractivity contribution in [1.82, 2.24) is 0 Å². The van der Waals surface area contributed by atoms with Crippen LogP contribution in [0.4, 0.5) is 5.69 Å². The largest absolute Gasteiger partial charge is 0.369 e. The number of benzene rings is 1. The van der Waals surface area contributed by atoms with Gasteiger partial charge in [0.1, 0.15) is 0 Å². The minimum absolute atomic E-state index is 0.617. The van der Waals surface area contributed by atoms with Crippen molar-refractivity contribution >= 4 is 21.6 Å². The van der Waals surface area contributed by atoms with E-state index >= 15 is 0 Å². The summed E-state index contributed by atoms with van der Waals surface area (Å²) < 4.78 is 1.13. The minimum atomic E-state index is 0.617. The van der Waals surface area contributed by atoms with Crippen LogP contribution in [0.25, 0.3) is 0 Å². The Balaban J connectivity index is 2.34. The first kappa shape index (κ1) is 11.0. The molecule has 1 saturated carbocycles. The summed E-state index contributed by atoms with van der Waals surface area (Å²) in [4.78, 5) is 2.47. The molecule has 0 radical (unpaired) electrons. The van der Waals surface area contributed by atoms with Crippen LogP contribution in [-0.4, -0.2) is 12.6 Å². The van der Waals surface area contributed by atoms with Crippen LogP contribution in [0.1, 0.15) is 25.3 Å². The highest BCUT2D eigenvalue weighted by atomic mass is 79.9. The van der Waals surface area contributed by atoms with E-state index in [4.69, 9.17) is 5.73 Å². The van der Waals surface area contributed by atoms with Gasteiger partial charge in [-0.25, -0.2) is 0 Å². The fourth-order valence-electron chi connectivity index (χ4n) is 1.99. The number of nitrogens with zero attached hydrogens (tertiary/aromatic N) is 1. The van der Waals surface area contributed by atoms with Gasteiger partial charge in [0.2, 0.25) is 0 Å². The molecule has 1 aromatic rings. The second-order valence-electron chi connectivity index (χ2n) is 3.99. The Hall–Kier alpha value is -0.540. The highest BCUT2D eigenvalue weighted by molar-refractivity contribution is 9.10. The van der Waals surface area contributed by atoms with Gasteiger partial charge < -0.3 is 10.6 Å². The van der Waals surface area contributed by atoms with E-state index in [0.29, 0.717) is 6.54 Å². The van der Waals surface area contributed by atoms with Crippen LogP contribution < -0.4 is 10.6 Å². The Morgan fingerprint density at radius 2 is 2.20 bits per heavy atom. The van der Waals surface area contributed by atoms with E-state index in [-0.39, 0.29) is 0 Å². The standard InChI is InChI=1S/C12H17BrN2/c1-2-15(11-5-6-11)12-7-10(13)4-3-9(12)8-14/h3-4,7,11H,2,5-6,8,14H2,1H3. The predicted molar refractivity (Wildman–Crippen MR) is 68.1 cm³/mol. The van der Waals surface area contributed by atoms with E-state index in [1.165, 1.54) is 24.1 Å². The molecule has 82 valence electrons. The summed E-state index contributed by atoms with van der Waals surface area (Å²) in [5, 5.41) is 0. The summed E-state index contributed by atoms with van der Waals surface area (Å²) >= 11 is 3.53. The normalized spacial score (nSPS) is 15.4. The molecule has 2 nitrogen and oxygen atoms in total. The third-order valence-corrected chi connectivity index (χ3v) is 3.40. The molecule has 0 atom stereocenters. The smallest absolute Gasteiger partial charge is 0.0425 e. The number of halogens is 1. The monoisotopic (exact) mass is 268 g/mol. The molecule has 0 unspecified atom stereocenters. The fourth-order valence-corrected chi connectivity index (χ4v) is 2.34. The average molecular weight is 269 g/mol. The molecule has 0 heterocycles. The first-order valence-electron chi connectivity index (χ1n) is 5.51. The molecule has 0 spiro atoms. The fraction of sp³-hybridized carbons (Fsp3) is 0.500. The summed E-state index contributed by atoms with van der Waals surface area (Å²) in [5.74, 6) is 0. The maximum Gasteiger partial charge on any atom is 0.0425 e. The van der Waals surface area contributed by atoms with Crippen LogP contribution >= 0.6 is 15.9 Å². The molecule has 2 N–H and O–H groups in total. The second kappa shape index (κ2) is 4.54. The van der Waals surface area contributed by atoms with E-state index in [0.717, 1.165) is 17.1 Å². The van der Waals surface area contributed by atoms with E-state index in [1.807, 2.05) is 0 Å². The first-order chi connectivity index (χ1) is 7.26. The van der Waals surface area contributed by atoms with Crippen LogP contribution in [0.3, 0.4) is 0 Å². The van der Waals surface area contributed by atoms with Crippen molar-refractivity contribution < 1.29 is 0 Å². The molecule has 3 heteroatoms. The Labute approximate surface area is 99.6 Å². The van der Waals surface area contributed by atoms with Crippen molar-refractivity contribution in [3.05, 3.63) is 28.2 Å². The Kier molecular flexibility index (Phi) is 3.32. The molecule has 1 aromatic carbocycles.